The number of ether oxygens (including phenoxy) is 1. The number of hydrogen-bond donors (Lipinski definition) is 1. The van der Waals surface area contributed by atoms with Crippen molar-refractivity contribution in [2.75, 3.05) is 23.8 Å². The number of esters is 1. The molecule has 1 aromatic heterocycles. The molecule has 1 heterocycles. The Morgan fingerprint density at radius 2 is 2.24 bits per heavy atom. The zero-order chi connectivity index (χ0) is 12.8. The van der Waals surface area contributed by atoms with Crippen molar-refractivity contribution in [3.8, 4) is 0 Å². The number of nitrogens with two attached hydrogens (primary N) is 1. The zero-order valence-corrected chi connectivity index (χ0v) is 10.4. The third kappa shape index (κ3) is 3.90. The van der Waals surface area contributed by atoms with E-state index in [0.29, 0.717) is 18.2 Å². The molecule has 0 spiro atoms. The summed E-state index contributed by atoms with van der Waals surface area (Å²) in [5, 5.41) is 0. The van der Waals surface area contributed by atoms with E-state index in [1.165, 1.54) is 6.33 Å². The van der Waals surface area contributed by atoms with Gasteiger partial charge < -0.3 is 15.4 Å². The molecule has 0 saturated carbocycles. The number of anilines is 2. The SMILES string of the molecule is CCOC(=O)CN(c1cc(N)ncn1)C(C)C. The van der Waals surface area contributed by atoms with Gasteiger partial charge in [0, 0.05) is 12.1 Å². The minimum absolute atomic E-state index is 0.119. The minimum atomic E-state index is -0.279. The van der Waals surface area contributed by atoms with Gasteiger partial charge in [-0.3, -0.25) is 4.79 Å². The average Bonchev–Trinajstić information content (AvgIpc) is 2.26. The summed E-state index contributed by atoms with van der Waals surface area (Å²) in [4.78, 5) is 21.2. The number of nitrogens with zero attached hydrogens (tertiary/aromatic N) is 3. The fourth-order valence-electron chi connectivity index (χ4n) is 1.39. The lowest BCUT2D eigenvalue weighted by Gasteiger charge is -2.26. The topological polar surface area (TPSA) is 81.3 Å². The monoisotopic (exact) mass is 238 g/mol. The first-order valence-electron chi connectivity index (χ1n) is 5.54. The summed E-state index contributed by atoms with van der Waals surface area (Å²) in [5.74, 6) is 0.725. The van der Waals surface area contributed by atoms with Crippen molar-refractivity contribution >= 4 is 17.6 Å². The molecular weight excluding hydrogens is 220 g/mol. The molecule has 0 aliphatic carbocycles. The van der Waals surface area contributed by atoms with Crippen molar-refractivity contribution in [3.05, 3.63) is 12.4 Å². The molecule has 1 aromatic rings. The van der Waals surface area contributed by atoms with Crippen LogP contribution in [0.2, 0.25) is 0 Å². The minimum Gasteiger partial charge on any atom is -0.465 e. The second-order valence-electron chi connectivity index (χ2n) is 3.83. The molecule has 0 aliphatic heterocycles. The van der Waals surface area contributed by atoms with Crippen molar-refractivity contribution in [1.82, 2.24) is 9.97 Å². The summed E-state index contributed by atoms with van der Waals surface area (Å²) >= 11 is 0. The maximum absolute atomic E-state index is 11.5. The van der Waals surface area contributed by atoms with Crippen LogP contribution >= 0.6 is 0 Å². The highest BCUT2D eigenvalue weighted by atomic mass is 16.5. The molecule has 0 saturated heterocycles. The van der Waals surface area contributed by atoms with Gasteiger partial charge in [0.1, 0.15) is 24.5 Å². The molecule has 17 heavy (non-hydrogen) atoms. The first-order chi connectivity index (χ1) is 8.04. The third-order valence-corrected chi connectivity index (χ3v) is 2.20. The molecule has 0 aliphatic rings. The van der Waals surface area contributed by atoms with Gasteiger partial charge in [0.05, 0.1) is 6.61 Å². The van der Waals surface area contributed by atoms with Gasteiger partial charge in [0.2, 0.25) is 0 Å². The number of hydrogen-bond acceptors (Lipinski definition) is 6. The molecule has 2 N–H and O–H groups in total. The largest absolute Gasteiger partial charge is 0.465 e. The highest BCUT2D eigenvalue weighted by Crippen LogP contribution is 2.14. The number of carbonyl (C=O) groups is 1. The standard InChI is InChI=1S/C11H18N4O2/c1-4-17-11(16)6-15(8(2)3)10-5-9(12)13-7-14-10/h5,7-8H,4,6H2,1-3H3,(H2,12,13,14). The highest BCUT2D eigenvalue weighted by Gasteiger charge is 2.16. The summed E-state index contributed by atoms with van der Waals surface area (Å²) in [7, 11) is 0. The molecule has 0 bridgehead atoms. The van der Waals surface area contributed by atoms with E-state index in [2.05, 4.69) is 9.97 Å². The van der Waals surface area contributed by atoms with E-state index < -0.39 is 0 Å². The molecule has 0 atom stereocenters. The molecule has 0 fully saturated rings. The van der Waals surface area contributed by atoms with Crippen LogP contribution in [0.15, 0.2) is 12.4 Å². The van der Waals surface area contributed by atoms with Gasteiger partial charge in [-0.1, -0.05) is 0 Å². The molecule has 0 unspecified atom stereocenters. The Labute approximate surface area is 101 Å². The Hall–Kier alpha value is -1.85. The molecule has 6 heteroatoms. The molecule has 94 valence electrons. The second kappa shape index (κ2) is 6.03. The quantitative estimate of drug-likeness (QED) is 0.765. The summed E-state index contributed by atoms with van der Waals surface area (Å²) in [6, 6.07) is 1.76. The van der Waals surface area contributed by atoms with Crippen LogP contribution in [-0.2, 0) is 9.53 Å². The molecule has 0 aromatic carbocycles. The fourth-order valence-corrected chi connectivity index (χ4v) is 1.39. The van der Waals surface area contributed by atoms with Crippen LogP contribution < -0.4 is 10.6 Å². The molecular formula is C11H18N4O2. The number of rotatable bonds is 5. The average molecular weight is 238 g/mol. The van der Waals surface area contributed by atoms with Crippen molar-refractivity contribution in [1.29, 1.82) is 0 Å². The Morgan fingerprint density at radius 1 is 1.53 bits per heavy atom. The Bertz CT molecular complexity index is 381. The molecule has 0 radical (unpaired) electrons. The summed E-state index contributed by atoms with van der Waals surface area (Å²) in [5.41, 5.74) is 5.59. The van der Waals surface area contributed by atoms with Crippen LogP contribution in [0.25, 0.3) is 0 Å². The van der Waals surface area contributed by atoms with E-state index in [1.807, 2.05) is 18.7 Å². The predicted octanol–water partition coefficient (Wildman–Crippen LogP) is 0.837. The number of nitrogen functional groups attached to an aromatic ring is 1. The van der Waals surface area contributed by atoms with Gasteiger partial charge in [-0.2, -0.15) is 0 Å². The highest BCUT2D eigenvalue weighted by molar-refractivity contribution is 5.75. The van der Waals surface area contributed by atoms with E-state index in [-0.39, 0.29) is 18.6 Å². The van der Waals surface area contributed by atoms with E-state index in [9.17, 15) is 4.79 Å². The third-order valence-electron chi connectivity index (χ3n) is 2.20. The van der Waals surface area contributed by atoms with Crippen LogP contribution in [0.5, 0.6) is 0 Å². The zero-order valence-electron chi connectivity index (χ0n) is 10.4. The van der Waals surface area contributed by atoms with Gasteiger partial charge in [-0.15, -0.1) is 0 Å². The van der Waals surface area contributed by atoms with Crippen molar-refractivity contribution < 1.29 is 9.53 Å². The van der Waals surface area contributed by atoms with Gasteiger partial charge in [-0.05, 0) is 20.8 Å². The van der Waals surface area contributed by atoms with Crippen LogP contribution in [0, 0.1) is 0 Å². The maximum Gasteiger partial charge on any atom is 0.325 e. The Morgan fingerprint density at radius 3 is 2.76 bits per heavy atom. The van der Waals surface area contributed by atoms with Crippen LogP contribution in [0.3, 0.4) is 0 Å². The summed E-state index contributed by atoms with van der Waals surface area (Å²) in [6.45, 7) is 6.24. The first-order valence-corrected chi connectivity index (χ1v) is 5.54. The van der Waals surface area contributed by atoms with Crippen LogP contribution in [0.1, 0.15) is 20.8 Å². The summed E-state index contributed by atoms with van der Waals surface area (Å²) in [6.07, 6.45) is 1.38. The maximum atomic E-state index is 11.5. The Kier molecular flexibility index (Phi) is 4.68. The van der Waals surface area contributed by atoms with E-state index >= 15 is 0 Å². The van der Waals surface area contributed by atoms with E-state index in [4.69, 9.17) is 10.5 Å². The molecule has 6 nitrogen and oxygen atoms in total. The summed E-state index contributed by atoms with van der Waals surface area (Å²) < 4.78 is 4.92. The lowest BCUT2D eigenvalue weighted by atomic mass is 10.3. The lowest BCUT2D eigenvalue weighted by molar-refractivity contribution is -0.141. The van der Waals surface area contributed by atoms with Crippen molar-refractivity contribution in [2.24, 2.45) is 0 Å². The Balaban J connectivity index is 2.82. The van der Waals surface area contributed by atoms with E-state index in [1.54, 1.807) is 13.0 Å². The van der Waals surface area contributed by atoms with Gasteiger partial charge >= 0.3 is 5.97 Å². The van der Waals surface area contributed by atoms with Gasteiger partial charge in [0.25, 0.3) is 0 Å². The van der Waals surface area contributed by atoms with Crippen molar-refractivity contribution in [3.63, 3.8) is 0 Å². The van der Waals surface area contributed by atoms with E-state index in [0.717, 1.165) is 0 Å². The van der Waals surface area contributed by atoms with Crippen LogP contribution in [0.4, 0.5) is 11.6 Å². The number of carbonyl (C=O) groups excluding carboxylic acids is 1. The normalized spacial score (nSPS) is 10.4. The molecule has 1 rings (SSSR count). The smallest absolute Gasteiger partial charge is 0.325 e. The second-order valence-corrected chi connectivity index (χ2v) is 3.83. The predicted molar refractivity (Wildman–Crippen MR) is 65.6 cm³/mol. The lowest BCUT2D eigenvalue weighted by Crippen LogP contribution is -2.37. The molecule has 0 amide bonds. The fraction of sp³-hybridized carbons (Fsp3) is 0.545. The van der Waals surface area contributed by atoms with Crippen molar-refractivity contribution in [2.45, 2.75) is 26.8 Å². The van der Waals surface area contributed by atoms with Gasteiger partial charge in [-0.25, -0.2) is 9.97 Å². The van der Waals surface area contributed by atoms with Gasteiger partial charge in [0.15, 0.2) is 0 Å². The van der Waals surface area contributed by atoms with Crippen LogP contribution in [-0.4, -0.2) is 35.1 Å². The number of aromatic nitrogens is 2. The first kappa shape index (κ1) is 13.2.